The highest BCUT2D eigenvalue weighted by molar-refractivity contribution is 6.10. The molecule has 0 saturated carbocycles. The van der Waals surface area contributed by atoms with Crippen molar-refractivity contribution in [2.75, 3.05) is 0 Å². The molecule has 0 heterocycles. The van der Waals surface area contributed by atoms with Gasteiger partial charge >= 0.3 is 0 Å². The van der Waals surface area contributed by atoms with E-state index in [1.165, 1.54) is 0 Å². The molecule has 24 heavy (non-hydrogen) atoms. The number of carbonyl (C=O) groups is 2. The summed E-state index contributed by atoms with van der Waals surface area (Å²) in [6.45, 7) is 2.17. The van der Waals surface area contributed by atoms with E-state index in [2.05, 4.69) is 0 Å². The predicted octanol–water partition coefficient (Wildman–Crippen LogP) is 3.59. The van der Waals surface area contributed by atoms with Gasteiger partial charge in [0.1, 0.15) is 11.5 Å². The molecule has 0 aliphatic heterocycles. The van der Waals surface area contributed by atoms with E-state index in [1.54, 1.807) is 24.3 Å². The largest absolute Gasteiger partial charge is 0.507 e. The highest BCUT2D eigenvalue weighted by Crippen LogP contribution is 2.40. The fraction of sp³-hybridized carbons (Fsp3) is 0.111. The van der Waals surface area contributed by atoms with Gasteiger partial charge < -0.3 is 20.4 Å². The highest BCUT2D eigenvalue weighted by atomic mass is 16.4. The number of fused-ring (bicyclic) bond motifs is 2. The molecule has 0 radical (unpaired) electrons. The SMILES string of the molecule is CC(=O)O.CC(=O)O.Oc1c2ccccc2c(O)c2ccccc12. The van der Waals surface area contributed by atoms with Gasteiger partial charge in [-0.05, 0) is 0 Å². The summed E-state index contributed by atoms with van der Waals surface area (Å²) in [5, 5.41) is 37.8. The van der Waals surface area contributed by atoms with Crippen LogP contribution in [0.4, 0.5) is 0 Å². The van der Waals surface area contributed by atoms with Crippen molar-refractivity contribution in [1.29, 1.82) is 0 Å². The van der Waals surface area contributed by atoms with Gasteiger partial charge in [-0.2, -0.15) is 0 Å². The summed E-state index contributed by atoms with van der Waals surface area (Å²) >= 11 is 0. The third-order valence-electron chi connectivity index (χ3n) is 2.87. The molecule has 0 aromatic heterocycles. The van der Waals surface area contributed by atoms with Crippen LogP contribution in [0, 0.1) is 0 Å². The quantitative estimate of drug-likeness (QED) is 0.370. The van der Waals surface area contributed by atoms with Crippen LogP contribution >= 0.6 is 0 Å². The first-order chi connectivity index (χ1) is 11.3. The number of aromatic hydroxyl groups is 2. The molecule has 0 aliphatic rings. The Morgan fingerprint density at radius 2 is 0.792 bits per heavy atom. The molecule has 0 aliphatic carbocycles. The zero-order chi connectivity index (χ0) is 18.3. The molecule has 6 nitrogen and oxygen atoms in total. The lowest BCUT2D eigenvalue weighted by Gasteiger charge is -2.08. The third kappa shape index (κ3) is 4.88. The van der Waals surface area contributed by atoms with Crippen molar-refractivity contribution in [1.82, 2.24) is 0 Å². The Morgan fingerprint density at radius 3 is 0.958 bits per heavy atom. The van der Waals surface area contributed by atoms with Gasteiger partial charge in [0.15, 0.2) is 0 Å². The predicted molar refractivity (Wildman–Crippen MR) is 91.4 cm³/mol. The number of hydrogen-bond donors (Lipinski definition) is 4. The first-order valence-electron chi connectivity index (χ1n) is 6.96. The van der Waals surface area contributed by atoms with E-state index in [-0.39, 0.29) is 11.5 Å². The number of carboxylic acids is 2. The number of phenolic OH excluding ortho intramolecular Hbond substituents is 2. The summed E-state index contributed by atoms with van der Waals surface area (Å²) < 4.78 is 0. The molecule has 3 aromatic rings. The number of carboxylic acid groups (broad SMARTS) is 2. The molecule has 0 spiro atoms. The van der Waals surface area contributed by atoms with Crippen molar-refractivity contribution in [3.05, 3.63) is 48.5 Å². The highest BCUT2D eigenvalue weighted by Gasteiger charge is 2.10. The Bertz CT molecular complexity index is 733. The van der Waals surface area contributed by atoms with E-state index < -0.39 is 11.9 Å². The number of rotatable bonds is 0. The molecule has 3 aromatic carbocycles. The Kier molecular flexibility index (Phi) is 6.55. The fourth-order valence-corrected chi connectivity index (χ4v) is 2.08. The van der Waals surface area contributed by atoms with Crippen LogP contribution in [0.5, 0.6) is 11.5 Å². The lowest BCUT2D eigenvalue weighted by atomic mass is 10.0. The molecular formula is C18H18O6. The van der Waals surface area contributed by atoms with Gasteiger partial charge in [-0.15, -0.1) is 0 Å². The molecule has 126 valence electrons. The Morgan fingerprint density at radius 1 is 0.625 bits per heavy atom. The van der Waals surface area contributed by atoms with Crippen LogP contribution in [0.25, 0.3) is 21.5 Å². The van der Waals surface area contributed by atoms with Gasteiger partial charge in [0.2, 0.25) is 0 Å². The molecule has 0 bridgehead atoms. The van der Waals surface area contributed by atoms with Crippen LogP contribution in [-0.4, -0.2) is 32.4 Å². The molecule has 0 saturated heterocycles. The van der Waals surface area contributed by atoms with Crippen LogP contribution < -0.4 is 0 Å². The standard InChI is InChI=1S/C14H10O2.2C2H4O2/c15-13-9-5-1-2-6-10(9)14(16)12-8-4-3-7-11(12)13;2*1-2(3)4/h1-8,15-16H;2*1H3,(H,3,4). The molecular weight excluding hydrogens is 312 g/mol. The van der Waals surface area contributed by atoms with E-state index in [0.29, 0.717) is 21.5 Å². The van der Waals surface area contributed by atoms with Gasteiger partial charge in [-0.1, -0.05) is 48.5 Å². The van der Waals surface area contributed by atoms with Gasteiger partial charge in [-0.3, -0.25) is 9.59 Å². The van der Waals surface area contributed by atoms with E-state index in [1.807, 2.05) is 24.3 Å². The summed E-state index contributed by atoms with van der Waals surface area (Å²) in [4.78, 5) is 18.0. The van der Waals surface area contributed by atoms with Crippen LogP contribution in [0.15, 0.2) is 48.5 Å². The summed E-state index contributed by atoms with van der Waals surface area (Å²) in [5.41, 5.74) is 0. The normalized spacial score (nSPS) is 9.42. The lowest BCUT2D eigenvalue weighted by Crippen LogP contribution is -1.80. The average Bonchev–Trinajstić information content (AvgIpc) is 2.52. The van der Waals surface area contributed by atoms with E-state index in [0.717, 1.165) is 13.8 Å². The maximum absolute atomic E-state index is 10.1. The van der Waals surface area contributed by atoms with Crippen molar-refractivity contribution in [3.63, 3.8) is 0 Å². The van der Waals surface area contributed by atoms with Gasteiger partial charge in [0.05, 0.1) is 0 Å². The smallest absolute Gasteiger partial charge is 0.300 e. The number of aliphatic carboxylic acids is 2. The summed E-state index contributed by atoms with van der Waals surface area (Å²) in [7, 11) is 0. The third-order valence-corrected chi connectivity index (χ3v) is 2.87. The van der Waals surface area contributed by atoms with Crippen LogP contribution in [0.2, 0.25) is 0 Å². The first kappa shape index (κ1) is 18.8. The molecule has 0 fully saturated rings. The first-order valence-corrected chi connectivity index (χ1v) is 6.96. The zero-order valence-corrected chi connectivity index (χ0v) is 13.2. The summed E-state index contributed by atoms with van der Waals surface area (Å²) in [5.74, 6) is -1.21. The van der Waals surface area contributed by atoms with Crippen molar-refractivity contribution in [2.24, 2.45) is 0 Å². The maximum atomic E-state index is 10.1. The fourth-order valence-electron chi connectivity index (χ4n) is 2.08. The molecule has 3 rings (SSSR count). The number of phenols is 2. The monoisotopic (exact) mass is 330 g/mol. The summed E-state index contributed by atoms with van der Waals surface area (Å²) in [6.07, 6.45) is 0. The second-order valence-electron chi connectivity index (χ2n) is 4.83. The minimum atomic E-state index is -0.833. The topological polar surface area (TPSA) is 115 Å². The Balaban J connectivity index is 0.000000306. The zero-order valence-electron chi connectivity index (χ0n) is 13.2. The molecule has 0 amide bonds. The second-order valence-corrected chi connectivity index (χ2v) is 4.83. The van der Waals surface area contributed by atoms with Crippen LogP contribution in [0.3, 0.4) is 0 Å². The van der Waals surface area contributed by atoms with E-state index >= 15 is 0 Å². The second kappa shape index (κ2) is 8.38. The minimum absolute atomic E-state index is 0.226. The molecule has 4 N–H and O–H groups in total. The number of hydrogen-bond acceptors (Lipinski definition) is 4. The van der Waals surface area contributed by atoms with Crippen molar-refractivity contribution in [3.8, 4) is 11.5 Å². The van der Waals surface area contributed by atoms with Crippen molar-refractivity contribution < 1.29 is 30.0 Å². The minimum Gasteiger partial charge on any atom is -0.507 e. The van der Waals surface area contributed by atoms with Crippen LogP contribution in [0.1, 0.15) is 13.8 Å². The van der Waals surface area contributed by atoms with E-state index in [4.69, 9.17) is 19.8 Å². The average molecular weight is 330 g/mol. The van der Waals surface area contributed by atoms with Crippen molar-refractivity contribution in [2.45, 2.75) is 13.8 Å². The van der Waals surface area contributed by atoms with Crippen molar-refractivity contribution >= 4 is 33.5 Å². The molecule has 0 unspecified atom stereocenters. The number of benzene rings is 3. The van der Waals surface area contributed by atoms with Gasteiger partial charge in [-0.25, -0.2) is 0 Å². The lowest BCUT2D eigenvalue weighted by molar-refractivity contribution is -0.135. The molecule has 0 atom stereocenters. The maximum Gasteiger partial charge on any atom is 0.300 e. The molecule has 6 heteroatoms. The van der Waals surface area contributed by atoms with Gasteiger partial charge in [0, 0.05) is 35.4 Å². The van der Waals surface area contributed by atoms with Crippen LogP contribution in [-0.2, 0) is 9.59 Å². The Labute approximate surface area is 138 Å². The summed E-state index contributed by atoms with van der Waals surface area (Å²) in [6, 6.07) is 14.6. The van der Waals surface area contributed by atoms with E-state index in [9.17, 15) is 10.2 Å². The van der Waals surface area contributed by atoms with Gasteiger partial charge in [0.25, 0.3) is 11.9 Å². The Hall–Kier alpha value is -3.28.